The molecule has 1 aliphatic heterocycles. The topological polar surface area (TPSA) is 197 Å². The quantitative estimate of drug-likeness (QED) is 0.338. The van der Waals surface area contributed by atoms with Gasteiger partial charge in [-0.3, -0.25) is 14.3 Å². The van der Waals surface area contributed by atoms with E-state index < -0.39 is 48.5 Å². The minimum absolute atomic E-state index is 0.224. The summed E-state index contributed by atoms with van der Waals surface area (Å²) >= 11 is 0. The molecule has 23 heavy (non-hydrogen) atoms. The van der Waals surface area contributed by atoms with Gasteiger partial charge in [-0.1, -0.05) is 0 Å². The van der Waals surface area contributed by atoms with Crippen molar-refractivity contribution in [2.75, 3.05) is 12.3 Å². The normalized spacial score (nSPS) is 27.6. The number of imidazole rings is 1. The molecule has 3 heterocycles. The van der Waals surface area contributed by atoms with E-state index in [1.165, 1.54) is 0 Å². The summed E-state index contributed by atoms with van der Waals surface area (Å²) in [4.78, 5) is 32.9. The monoisotopic (exact) mass is 327 g/mol. The predicted octanol–water partition coefficient (Wildman–Crippen LogP) is -2.99. The Balaban J connectivity index is 2.25. The molecule has 0 aromatic carbocycles. The minimum Gasteiger partial charge on any atom is -0.475 e. The van der Waals surface area contributed by atoms with Gasteiger partial charge >= 0.3 is 5.97 Å². The highest BCUT2D eigenvalue weighted by molar-refractivity contribution is 5.88. The number of nitrogens with two attached hydrogens (primary N) is 1. The molecule has 1 aliphatic rings. The number of rotatable bonds is 3. The van der Waals surface area contributed by atoms with Crippen molar-refractivity contribution in [2.45, 2.75) is 24.5 Å². The van der Waals surface area contributed by atoms with Crippen molar-refractivity contribution in [1.29, 1.82) is 0 Å². The van der Waals surface area contributed by atoms with Crippen molar-refractivity contribution in [3.8, 4) is 0 Å². The van der Waals surface area contributed by atoms with Crippen LogP contribution in [0.25, 0.3) is 11.2 Å². The molecule has 7 N–H and O–H groups in total. The Hall–Kier alpha value is -2.54. The van der Waals surface area contributed by atoms with Gasteiger partial charge in [0, 0.05) is 0 Å². The Morgan fingerprint density at radius 1 is 1.35 bits per heavy atom. The van der Waals surface area contributed by atoms with E-state index in [1.54, 1.807) is 0 Å². The third-order valence-electron chi connectivity index (χ3n) is 3.53. The van der Waals surface area contributed by atoms with Gasteiger partial charge in [-0.2, -0.15) is 4.98 Å². The Morgan fingerprint density at radius 2 is 2.04 bits per heavy atom. The Kier molecular flexibility index (Phi) is 3.52. The largest absolute Gasteiger partial charge is 0.475 e. The average molecular weight is 327 g/mol. The molecule has 2 aromatic heterocycles. The van der Waals surface area contributed by atoms with Crippen molar-refractivity contribution in [3.05, 3.63) is 16.2 Å². The summed E-state index contributed by atoms with van der Waals surface area (Å²) < 4.78 is 6.13. The second-order valence-corrected chi connectivity index (χ2v) is 4.96. The maximum Gasteiger partial charge on any atom is 0.372 e. The van der Waals surface area contributed by atoms with Crippen molar-refractivity contribution < 1.29 is 30.0 Å². The van der Waals surface area contributed by atoms with Crippen LogP contribution in [-0.2, 0) is 4.74 Å². The van der Waals surface area contributed by atoms with Crippen molar-refractivity contribution in [3.63, 3.8) is 0 Å². The third kappa shape index (κ3) is 2.24. The van der Waals surface area contributed by atoms with Crippen molar-refractivity contribution >= 4 is 23.1 Å². The number of aliphatic hydroxyl groups excluding tert-OH is 3. The Bertz CT molecular complexity index is 830. The summed E-state index contributed by atoms with van der Waals surface area (Å²) in [5.74, 6) is -2.41. The van der Waals surface area contributed by atoms with E-state index in [0.717, 1.165) is 4.57 Å². The number of anilines is 1. The van der Waals surface area contributed by atoms with Gasteiger partial charge in [0.25, 0.3) is 5.56 Å². The predicted molar refractivity (Wildman–Crippen MR) is 72.5 cm³/mol. The summed E-state index contributed by atoms with van der Waals surface area (Å²) in [5, 5.41) is 38.3. The molecule has 4 atom stereocenters. The number of H-pyrrole nitrogens is 1. The van der Waals surface area contributed by atoms with Crippen LogP contribution in [0.15, 0.2) is 4.79 Å². The van der Waals surface area contributed by atoms with Gasteiger partial charge in [-0.25, -0.2) is 9.78 Å². The molecule has 0 saturated carbocycles. The zero-order valence-electron chi connectivity index (χ0n) is 11.4. The SMILES string of the molecule is Nc1nc2c(nc(C(=O)O)n2[C@@H]2O[C@H](CO)[C@@H](O)[C@H]2O)c(=O)[nH]1. The second-order valence-electron chi connectivity index (χ2n) is 4.96. The highest BCUT2D eigenvalue weighted by Gasteiger charge is 2.45. The highest BCUT2D eigenvalue weighted by atomic mass is 16.6. The van der Waals surface area contributed by atoms with Crippen LogP contribution in [0.5, 0.6) is 0 Å². The van der Waals surface area contributed by atoms with Crippen LogP contribution in [-0.4, -0.2) is 70.8 Å². The number of nitrogen functional groups attached to an aromatic ring is 1. The van der Waals surface area contributed by atoms with Gasteiger partial charge < -0.3 is 30.9 Å². The first-order valence-electron chi connectivity index (χ1n) is 6.48. The van der Waals surface area contributed by atoms with Crippen LogP contribution in [0.3, 0.4) is 0 Å². The lowest BCUT2D eigenvalue weighted by Crippen LogP contribution is -2.33. The fraction of sp³-hybridized carbons (Fsp3) is 0.455. The van der Waals surface area contributed by atoms with Crippen LogP contribution >= 0.6 is 0 Å². The fourth-order valence-corrected chi connectivity index (χ4v) is 2.49. The van der Waals surface area contributed by atoms with Gasteiger partial charge in [-0.05, 0) is 0 Å². The molecule has 0 aliphatic carbocycles. The number of fused-ring (bicyclic) bond motifs is 1. The van der Waals surface area contributed by atoms with Crippen LogP contribution in [0.2, 0.25) is 0 Å². The smallest absolute Gasteiger partial charge is 0.372 e. The molecular weight excluding hydrogens is 314 g/mol. The molecule has 0 amide bonds. The van der Waals surface area contributed by atoms with E-state index in [1.807, 2.05) is 0 Å². The molecule has 1 saturated heterocycles. The van der Waals surface area contributed by atoms with E-state index >= 15 is 0 Å². The van der Waals surface area contributed by atoms with Crippen LogP contribution < -0.4 is 11.3 Å². The molecule has 12 nitrogen and oxygen atoms in total. The molecule has 2 aromatic rings. The number of aromatic amines is 1. The number of aromatic nitrogens is 4. The Morgan fingerprint density at radius 3 is 2.61 bits per heavy atom. The molecule has 0 unspecified atom stereocenters. The maximum atomic E-state index is 11.8. The van der Waals surface area contributed by atoms with Crippen molar-refractivity contribution in [1.82, 2.24) is 19.5 Å². The number of aliphatic hydroxyl groups is 3. The summed E-state index contributed by atoms with van der Waals surface area (Å²) in [7, 11) is 0. The number of nitrogens with zero attached hydrogens (tertiary/aromatic N) is 3. The number of aromatic carboxylic acids is 1. The van der Waals surface area contributed by atoms with Gasteiger partial charge in [0.1, 0.15) is 18.3 Å². The lowest BCUT2D eigenvalue weighted by molar-refractivity contribution is -0.0522. The second kappa shape index (κ2) is 5.27. The van der Waals surface area contributed by atoms with E-state index in [0.29, 0.717) is 0 Å². The molecule has 0 radical (unpaired) electrons. The van der Waals surface area contributed by atoms with Gasteiger partial charge in [0.05, 0.1) is 6.61 Å². The van der Waals surface area contributed by atoms with E-state index in [2.05, 4.69) is 15.0 Å². The number of ether oxygens (including phenoxy) is 1. The number of hydrogen-bond acceptors (Lipinski definition) is 9. The number of carbonyl (C=O) groups is 1. The van der Waals surface area contributed by atoms with E-state index in [-0.39, 0.29) is 17.1 Å². The Labute approximate surface area is 126 Å². The summed E-state index contributed by atoms with van der Waals surface area (Å²) in [6.45, 7) is -0.597. The lowest BCUT2D eigenvalue weighted by atomic mass is 10.1. The maximum absolute atomic E-state index is 11.8. The minimum atomic E-state index is -1.56. The molecule has 0 bridgehead atoms. The first kappa shape index (κ1) is 15.4. The van der Waals surface area contributed by atoms with Crippen LogP contribution in [0.4, 0.5) is 5.95 Å². The highest BCUT2D eigenvalue weighted by Crippen LogP contribution is 2.32. The van der Waals surface area contributed by atoms with Gasteiger partial charge in [0.15, 0.2) is 17.4 Å². The summed E-state index contributed by atoms with van der Waals surface area (Å²) in [6.07, 6.45) is -5.56. The lowest BCUT2D eigenvalue weighted by Gasteiger charge is -2.18. The fourth-order valence-electron chi connectivity index (χ4n) is 2.49. The molecule has 0 spiro atoms. The number of nitrogens with one attached hydrogen (secondary N) is 1. The zero-order valence-corrected chi connectivity index (χ0v) is 11.4. The number of carboxylic acid groups (broad SMARTS) is 1. The molecule has 3 rings (SSSR count). The van der Waals surface area contributed by atoms with E-state index in [4.69, 9.17) is 15.6 Å². The molecular formula is C11H13N5O7. The summed E-state index contributed by atoms with van der Waals surface area (Å²) in [5.41, 5.74) is 4.15. The van der Waals surface area contributed by atoms with Gasteiger partial charge in [-0.15, -0.1) is 0 Å². The first-order valence-corrected chi connectivity index (χ1v) is 6.48. The molecule has 12 heteroatoms. The third-order valence-corrected chi connectivity index (χ3v) is 3.53. The molecule has 124 valence electrons. The number of hydrogen-bond donors (Lipinski definition) is 6. The number of carboxylic acids is 1. The van der Waals surface area contributed by atoms with E-state index in [9.17, 15) is 24.9 Å². The first-order chi connectivity index (χ1) is 10.8. The zero-order chi connectivity index (χ0) is 16.9. The standard InChI is InChI=1S/C11H13N5O7/c12-11-14-6-3(8(20)15-11)13-7(10(21)22)16(6)9-5(19)4(18)2(1-17)23-9/h2,4-5,9,17-19H,1H2,(H,21,22)(H3,12,14,15,20)/t2-,4-,5-,9-/m1/s1. The summed E-state index contributed by atoms with van der Waals surface area (Å²) in [6, 6.07) is 0. The van der Waals surface area contributed by atoms with Crippen molar-refractivity contribution in [2.24, 2.45) is 0 Å². The van der Waals surface area contributed by atoms with Crippen LogP contribution in [0, 0.1) is 0 Å². The average Bonchev–Trinajstić information content (AvgIpc) is 2.99. The van der Waals surface area contributed by atoms with Gasteiger partial charge in [0.2, 0.25) is 11.8 Å². The van der Waals surface area contributed by atoms with Crippen LogP contribution in [0.1, 0.15) is 16.8 Å². The molecule has 1 fully saturated rings.